The van der Waals surface area contributed by atoms with Crippen molar-refractivity contribution in [1.82, 2.24) is 10.2 Å². The van der Waals surface area contributed by atoms with Crippen molar-refractivity contribution in [2.45, 2.75) is 59.5 Å². The highest BCUT2D eigenvalue weighted by Crippen LogP contribution is 2.25. The van der Waals surface area contributed by atoms with Crippen LogP contribution >= 0.6 is 0 Å². The van der Waals surface area contributed by atoms with Gasteiger partial charge < -0.3 is 15.0 Å². The molecule has 0 saturated heterocycles. The van der Waals surface area contributed by atoms with Crippen LogP contribution in [0.15, 0.2) is 42.5 Å². The smallest absolute Gasteiger partial charge is 0.242 e. The van der Waals surface area contributed by atoms with Crippen LogP contribution in [-0.2, 0) is 26.2 Å². The molecular weight excluding hydrogens is 478 g/mol. The number of methoxy groups -OCH3 is 1. The average molecular weight is 518 g/mol. The number of hydrogen-bond acceptors (Lipinski definition) is 5. The van der Waals surface area contributed by atoms with Crippen molar-refractivity contribution in [3.05, 3.63) is 59.2 Å². The lowest BCUT2D eigenvalue weighted by molar-refractivity contribution is -0.140. The summed E-state index contributed by atoms with van der Waals surface area (Å²) in [5, 5.41) is 2.86. The van der Waals surface area contributed by atoms with Crippen molar-refractivity contribution in [3.63, 3.8) is 0 Å². The van der Waals surface area contributed by atoms with Crippen LogP contribution in [0.1, 0.15) is 49.8 Å². The van der Waals surface area contributed by atoms with Crippen LogP contribution in [0, 0.1) is 13.8 Å². The quantitative estimate of drug-likeness (QED) is 0.436. The van der Waals surface area contributed by atoms with Gasteiger partial charge in [-0.2, -0.15) is 0 Å². The molecule has 0 radical (unpaired) electrons. The number of aryl methyl sites for hydroxylation is 2. The van der Waals surface area contributed by atoms with Gasteiger partial charge in [-0.3, -0.25) is 13.9 Å². The fourth-order valence-corrected chi connectivity index (χ4v) is 4.93. The number of ether oxygens (including phenoxy) is 1. The van der Waals surface area contributed by atoms with Gasteiger partial charge in [-0.1, -0.05) is 31.2 Å². The molecular formula is C27H39N3O5S. The van der Waals surface area contributed by atoms with Gasteiger partial charge in [0.05, 0.1) is 19.1 Å². The van der Waals surface area contributed by atoms with Crippen LogP contribution in [0.3, 0.4) is 0 Å². The fraction of sp³-hybridized carbons (Fsp3) is 0.481. The fourth-order valence-electron chi connectivity index (χ4n) is 3.92. The molecule has 198 valence electrons. The lowest BCUT2D eigenvalue weighted by atomic mass is 10.1. The second-order valence-electron chi connectivity index (χ2n) is 9.07. The van der Waals surface area contributed by atoms with Gasteiger partial charge >= 0.3 is 0 Å². The largest absolute Gasteiger partial charge is 0.497 e. The summed E-state index contributed by atoms with van der Waals surface area (Å²) in [5.41, 5.74) is 3.26. The van der Waals surface area contributed by atoms with Gasteiger partial charge in [0.15, 0.2) is 0 Å². The molecule has 0 fully saturated rings. The number of carbonyl (C=O) groups excluding carboxylic acids is 2. The van der Waals surface area contributed by atoms with Crippen LogP contribution in [0.2, 0.25) is 0 Å². The van der Waals surface area contributed by atoms with E-state index in [1.54, 1.807) is 18.9 Å². The molecule has 0 aliphatic heterocycles. The van der Waals surface area contributed by atoms with Crippen LogP contribution in [0.25, 0.3) is 0 Å². The third-order valence-corrected chi connectivity index (χ3v) is 7.17. The van der Waals surface area contributed by atoms with Gasteiger partial charge in [0.1, 0.15) is 11.8 Å². The molecule has 9 heteroatoms. The SMILES string of the molecule is CCCNC(=O)[C@@H](C)N(Cc1cccc(OC)c1)C(=O)CCCN(c1cc(C)ccc1C)S(C)(=O)=O. The maximum absolute atomic E-state index is 13.4. The summed E-state index contributed by atoms with van der Waals surface area (Å²) in [5.74, 6) is 0.230. The zero-order chi connectivity index (χ0) is 26.9. The maximum atomic E-state index is 13.4. The molecule has 0 unspecified atom stereocenters. The molecule has 2 amide bonds. The van der Waals surface area contributed by atoms with Gasteiger partial charge in [-0.25, -0.2) is 8.42 Å². The Labute approximate surface area is 215 Å². The van der Waals surface area contributed by atoms with Crippen molar-refractivity contribution in [3.8, 4) is 5.75 Å². The monoisotopic (exact) mass is 517 g/mol. The molecule has 0 heterocycles. The van der Waals surface area contributed by atoms with E-state index >= 15 is 0 Å². The molecule has 0 saturated carbocycles. The number of hydrogen-bond donors (Lipinski definition) is 1. The van der Waals surface area contributed by atoms with Crippen LogP contribution in [-0.4, -0.2) is 57.6 Å². The summed E-state index contributed by atoms with van der Waals surface area (Å²) in [6.45, 7) is 8.39. The Balaban J connectivity index is 2.21. The highest BCUT2D eigenvalue weighted by Gasteiger charge is 2.27. The minimum Gasteiger partial charge on any atom is -0.497 e. The van der Waals surface area contributed by atoms with E-state index in [-0.39, 0.29) is 31.3 Å². The number of benzene rings is 2. The Bertz CT molecular complexity index is 1150. The number of carbonyl (C=O) groups is 2. The van der Waals surface area contributed by atoms with E-state index in [4.69, 9.17) is 4.74 Å². The van der Waals surface area contributed by atoms with Crippen molar-refractivity contribution < 1.29 is 22.7 Å². The Morgan fingerprint density at radius 3 is 2.47 bits per heavy atom. The Kier molecular flexibility index (Phi) is 10.8. The van der Waals surface area contributed by atoms with Crippen molar-refractivity contribution in [1.29, 1.82) is 0 Å². The summed E-state index contributed by atoms with van der Waals surface area (Å²) < 4.78 is 31.8. The highest BCUT2D eigenvalue weighted by molar-refractivity contribution is 7.92. The van der Waals surface area contributed by atoms with Gasteiger partial charge in [0.25, 0.3) is 0 Å². The van der Waals surface area contributed by atoms with Crippen LogP contribution < -0.4 is 14.4 Å². The minimum atomic E-state index is -3.54. The lowest BCUT2D eigenvalue weighted by Gasteiger charge is -2.29. The number of sulfonamides is 1. The Morgan fingerprint density at radius 1 is 1.11 bits per heavy atom. The number of rotatable bonds is 13. The molecule has 2 rings (SSSR count). The number of amides is 2. The third-order valence-electron chi connectivity index (χ3n) is 5.99. The van der Waals surface area contributed by atoms with Crippen molar-refractivity contribution in [2.75, 3.05) is 30.8 Å². The van der Waals surface area contributed by atoms with E-state index in [0.717, 1.165) is 23.1 Å². The summed E-state index contributed by atoms with van der Waals surface area (Å²) >= 11 is 0. The molecule has 8 nitrogen and oxygen atoms in total. The summed E-state index contributed by atoms with van der Waals surface area (Å²) in [6, 6.07) is 12.4. The second kappa shape index (κ2) is 13.3. The molecule has 1 N–H and O–H groups in total. The van der Waals surface area contributed by atoms with Gasteiger partial charge in [-0.15, -0.1) is 0 Å². The first-order valence-electron chi connectivity index (χ1n) is 12.2. The normalized spacial score (nSPS) is 12.1. The molecule has 0 aliphatic carbocycles. The molecule has 0 spiro atoms. The molecule has 0 aliphatic rings. The van der Waals surface area contributed by atoms with Crippen LogP contribution in [0.4, 0.5) is 5.69 Å². The van der Waals surface area contributed by atoms with E-state index < -0.39 is 16.1 Å². The van der Waals surface area contributed by atoms with Gasteiger partial charge in [0.2, 0.25) is 21.8 Å². The first-order chi connectivity index (χ1) is 17.0. The van der Waals surface area contributed by atoms with Gasteiger partial charge in [-0.05, 0) is 68.5 Å². The number of anilines is 1. The zero-order valence-corrected chi connectivity index (χ0v) is 23.0. The van der Waals surface area contributed by atoms with Gasteiger partial charge in [0, 0.05) is 26.1 Å². The zero-order valence-electron chi connectivity index (χ0n) is 22.2. The number of nitrogens with zero attached hydrogens (tertiary/aromatic N) is 2. The molecule has 0 aromatic heterocycles. The lowest BCUT2D eigenvalue weighted by Crippen LogP contribution is -2.47. The molecule has 1 atom stereocenters. The maximum Gasteiger partial charge on any atom is 0.242 e. The standard InChI is InChI=1S/C27H39N3O5S/c1-7-15-28-27(32)22(4)29(19-23-10-8-11-24(18-23)35-5)26(31)12-9-16-30(36(6,33)34)25-17-20(2)13-14-21(25)3/h8,10-11,13-14,17-18,22H,7,9,12,15-16,19H2,1-6H3,(H,28,32)/t22-/m1/s1. The highest BCUT2D eigenvalue weighted by atomic mass is 32.2. The van der Waals surface area contributed by atoms with E-state index in [0.29, 0.717) is 24.4 Å². The Hall–Kier alpha value is -3.07. The van der Waals surface area contributed by atoms with E-state index in [9.17, 15) is 18.0 Å². The topological polar surface area (TPSA) is 96.0 Å². The number of nitrogens with one attached hydrogen (secondary N) is 1. The van der Waals surface area contributed by atoms with Crippen molar-refractivity contribution in [2.24, 2.45) is 0 Å². The Morgan fingerprint density at radius 2 is 1.83 bits per heavy atom. The van der Waals surface area contributed by atoms with E-state index in [2.05, 4.69) is 5.32 Å². The van der Waals surface area contributed by atoms with E-state index in [1.807, 2.05) is 63.2 Å². The third kappa shape index (κ3) is 8.26. The predicted molar refractivity (Wildman–Crippen MR) is 144 cm³/mol. The first kappa shape index (κ1) is 29.2. The molecule has 2 aromatic carbocycles. The van der Waals surface area contributed by atoms with E-state index in [1.165, 1.54) is 10.6 Å². The molecule has 2 aromatic rings. The first-order valence-corrected chi connectivity index (χ1v) is 14.1. The summed E-state index contributed by atoms with van der Waals surface area (Å²) in [7, 11) is -1.97. The van der Waals surface area contributed by atoms with Crippen LogP contribution in [0.5, 0.6) is 5.75 Å². The minimum absolute atomic E-state index is 0.103. The average Bonchev–Trinajstić information content (AvgIpc) is 2.84. The predicted octanol–water partition coefficient (Wildman–Crippen LogP) is 3.80. The molecule has 36 heavy (non-hydrogen) atoms. The second-order valence-corrected chi connectivity index (χ2v) is 11.0. The summed E-state index contributed by atoms with van der Waals surface area (Å²) in [6.07, 6.45) is 2.39. The summed E-state index contributed by atoms with van der Waals surface area (Å²) in [4.78, 5) is 27.6. The molecule has 0 bridgehead atoms. The van der Waals surface area contributed by atoms with Crippen molar-refractivity contribution >= 4 is 27.5 Å².